The molecular weight excluding hydrogens is 427 g/mol. The van der Waals surface area contributed by atoms with E-state index in [2.05, 4.69) is 12.2 Å². The van der Waals surface area contributed by atoms with Crippen LogP contribution >= 0.6 is 0 Å². The quantitative estimate of drug-likeness (QED) is 0.626. The molecule has 0 amide bonds. The van der Waals surface area contributed by atoms with Gasteiger partial charge in [0.2, 0.25) is 11.5 Å². The third-order valence-corrected chi connectivity index (χ3v) is 8.15. The summed E-state index contributed by atoms with van der Waals surface area (Å²) in [5.74, 6) is -1.74. The van der Waals surface area contributed by atoms with Crippen LogP contribution in [0.1, 0.15) is 46.5 Å². The van der Waals surface area contributed by atoms with Crippen molar-refractivity contribution < 1.29 is 37.2 Å². The van der Waals surface area contributed by atoms with E-state index in [0.29, 0.717) is 18.6 Å². The van der Waals surface area contributed by atoms with Crippen LogP contribution in [0.15, 0.2) is 24.3 Å². The molecular formula is C23H30F3NO5. The Hall–Kier alpha value is -1.55. The van der Waals surface area contributed by atoms with Gasteiger partial charge in [-0.25, -0.2) is 9.78 Å². The first-order valence-electron chi connectivity index (χ1n) is 11.3. The van der Waals surface area contributed by atoms with E-state index in [0.717, 1.165) is 12.8 Å². The van der Waals surface area contributed by atoms with Gasteiger partial charge in [-0.3, -0.25) is 0 Å². The number of anilines is 1. The summed E-state index contributed by atoms with van der Waals surface area (Å²) in [6.45, 7) is 5.42. The van der Waals surface area contributed by atoms with Crippen molar-refractivity contribution in [2.75, 3.05) is 12.4 Å². The molecule has 1 aromatic carbocycles. The van der Waals surface area contributed by atoms with Gasteiger partial charge in [-0.2, -0.15) is 13.2 Å². The Morgan fingerprint density at radius 3 is 2.38 bits per heavy atom. The fourth-order valence-corrected chi connectivity index (χ4v) is 6.37. The molecule has 9 heteroatoms. The highest BCUT2D eigenvalue weighted by Crippen LogP contribution is 2.64. The first-order chi connectivity index (χ1) is 15.0. The van der Waals surface area contributed by atoms with Gasteiger partial charge in [0.25, 0.3) is 0 Å². The van der Waals surface area contributed by atoms with Gasteiger partial charge in [-0.15, -0.1) is 0 Å². The Bertz CT molecular complexity index is 866. The fraction of sp³-hybridized carbons (Fsp3) is 0.739. The van der Waals surface area contributed by atoms with Crippen LogP contribution in [-0.4, -0.2) is 36.7 Å². The highest BCUT2D eigenvalue weighted by molar-refractivity contribution is 5.49. The molecule has 4 heterocycles. The van der Waals surface area contributed by atoms with Gasteiger partial charge >= 0.3 is 6.18 Å². The number of alkyl halides is 3. The molecule has 32 heavy (non-hydrogen) atoms. The second-order valence-electron chi connectivity index (χ2n) is 9.90. The zero-order valence-corrected chi connectivity index (χ0v) is 18.7. The SMILES string of the molecule is COc1ccc(N[C@@]2(C(F)(F)F)O[C@@H]3O[C@@]4(C)CC[C@H]5[C@H](C)CC[C@@H]([C@H]2C)[C@@]35OO4)cc1. The van der Waals surface area contributed by atoms with E-state index < -0.39 is 41.4 Å². The van der Waals surface area contributed by atoms with Crippen molar-refractivity contribution in [2.24, 2.45) is 23.7 Å². The molecule has 5 fully saturated rings. The van der Waals surface area contributed by atoms with Gasteiger partial charge in [0, 0.05) is 23.9 Å². The molecule has 1 aromatic rings. The second kappa shape index (κ2) is 7.22. The van der Waals surface area contributed by atoms with Crippen molar-refractivity contribution >= 4 is 5.69 Å². The molecule has 6 rings (SSSR count). The number of methoxy groups -OCH3 is 1. The predicted molar refractivity (Wildman–Crippen MR) is 108 cm³/mol. The zero-order valence-electron chi connectivity index (χ0n) is 18.7. The van der Waals surface area contributed by atoms with Crippen LogP contribution in [0.2, 0.25) is 0 Å². The van der Waals surface area contributed by atoms with E-state index in [1.807, 2.05) is 0 Å². The van der Waals surface area contributed by atoms with E-state index >= 15 is 0 Å². The highest BCUT2D eigenvalue weighted by Gasteiger charge is 2.76. The Kier molecular flexibility index (Phi) is 5.02. The summed E-state index contributed by atoms with van der Waals surface area (Å²) in [5, 5.41) is 2.69. The summed E-state index contributed by atoms with van der Waals surface area (Å²) in [4.78, 5) is 11.7. The Labute approximate surface area is 185 Å². The Morgan fingerprint density at radius 2 is 1.72 bits per heavy atom. The maximum Gasteiger partial charge on any atom is 0.436 e. The van der Waals surface area contributed by atoms with Gasteiger partial charge in [0.1, 0.15) is 5.75 Å². The minimum atomic E-state index is -4.71. The van der Waals surface area contributed by atoms with Crippen molar-refractivity contribution in [3.63, 3.8) is 0 Å². The minimum absolute atomic E-state index is 0.00903. The minimum Gasteiger partial charge on any atom is -0.497 e. The van der Waals surface area contributed by atoms with Gasteiger partial charge in [-0.1, -0.05) is 13.8 Å². The smallest absolute Gasteiger partial charge is 0.436 e. The lowest BCUT2D eigenvalue weighted by atomic mass is 9.56. The second-order valence-corrected chi connectivity index (χ2v) is 9.90. The zero-order chi connectivity index (χ0) is 22.9. The number of hydrogen-bond donors (Lipinski definition) is 1. The van der Waals surface area contributed by atoms with Crippen LogP contribution in [-0.2, 0) is 19.2 Å². The number of halogens is 3. The molecule has 4 saturated heterocycles. The molecule has 0 unspecified atom stereocenters. The molecule has 2 bridgehead atoms. The topological polar surface area (TPSA) is 58.2 Å². The van der Waals surface area contributed by atoms with E-state index in [-0.39, 0.29) is 17.5 Å². The van der Waals surface area contributed by atoms with E-state index in [9.17, 15) is 13.2 Å². The van der Waals surface area contributed by atoms with Crippen LogP contribution in [0.5, 0.6) is 5.75 Å². The van der Waals surface area contributed by atoms with Gasteiger partial charge in [-0.05, 0) is 62.3 Å². The summed E-state index contributed by atoms with van der Waals surface area (Å²) >= 11 is 0. The summed E-state index contributed by atoms with van der Waals surface area (Å²) in [6.07, 6.45) is -3.22. The third kappa shape index (κ3) is 3.01. The van der Waals surface area contributed by atoms with Crippen LogP contribution in [0.25, 0.3) is 0 Å². The van der Waals surface area contributed by atoms with E-state index in [1.165, 1.54) is 7.11 Å². The molecule has 4 aliphatic heterocycles. The summed E-state index contributed by atoms with van der Waals surface area (Å²) in [6, 6.07) is 6.34. The Balaban J connectivity index is 1.60. The predicted octanol–water partition coefficient (Wildman–Crippen LogP) is 5.25. The monoisotopic (exact) mass is 457 g/mol. The normalized spacial score (nSPS) is 45.7. The van der Waals surface area contributed by atoms with Gasteiger partial charge < -0.3 is 19.5 Å². The molecule has 1 N–H and O–H groups in total. The fourth-order valence-electron chi connectivity index (χ4n) is 6.37. The van der Waals surface area contributed by atoms with Crippen molar-refractivity contribution in [2.45, 2.75) is 76.0 Å². The largest absolute Gasteiger partial charge is 0.497 e. The highest BCUT2D eigenvalue weighted by atomic mass is 19.4. The van der Waals surface area contributed by atoms with Crippen LogP contribution in [0, 0.1) is 23.7 Å². The summed E-state index contributed by atoms with van der Waals surface area (Å²) in [5.41, 5.74) is -3.42. The third-order valence-electron chi connectivity index (χ3n) is 8.15. The molecule has 1 saturated carbocycles. The Morgan fingerprint density at radius 1 is 1.00 bits per heavy atom. The molecule has 0 aromatic heterocycles. The van der Waals surface area contributed by atoms with Crippen molar-refractivity contribution in [3.8, 4) is 5.75 Å². The molecule has 8 atom stereocenters. The van der Waals surface area contributed by atoms with Gasteiger partial charge in [0.05, 0.1) is 7.11 Å². The van der Waals surface area contributed by atoms with Gasteiger partial charge in [0.15, 0.2) is 11.9 Å². The number of hydrogen-bond acceptors (Lipinski definition) is 6. The molecule has 0 radical (unpaired) electrons. The number of fused-ring (bicyclic) bond motifs is 2. The number of ether oxygens (including phenoxy) is 3. The van der Waals surface area contributed by atoms with Crippen LogP contribution in [0.3, 0.4) is 0 Å². The molecule has 6 nitrogen and oxygen atoms in total. The van der Waals surface area contributed by atoms with Crippen LogP contribution < -0.4 is 10.1 Å². The van der Waals surface area contributed by atoms with Crippen molar-refractivity contribution in [1.82, 2.24) is 0 Å². The number of benzene rings is 1. The number of nitrogens with one attached hydrogen (secondary N) is 1. The maximum absolute atomic E-state index is 14.8. The summed E-state index contributed by atoms with van der Waals surface area (Å²) in [7, 11) is 1.51. The molecule has 1 aliphatic carbocycles. The first kappa shape index (κ1) is 22.3. The molecule has 1 spiro atoms. The van der Waals surface area contributed by atoms with Crippen molar-refractivity contribution in [1.29, 1.82) is 0 Å². The lowest BCUT2D eigenvalue weighted by Crippen LogP contribution is -2.77. The lowest BCUT2D eigenvalue weighted by Gasteiger charge is -2.63. The standard InChI is InChI=1S/C23H30F3NO5/c1-13-5-10-18-14(2)22(23(24,25)26,27-15-6-8-16(28-4)9-7-15)30-19-21(18)17(13)11-12-20(3,29-19)31-32-21/h6-9,13-14,17-19,27H,5,10-12H2,1-4H3/t13-,14-,17+,18+,19+,20-,21-,22-/m1/s1. The maximum atomic E-state index is 14.8. The lowest BCUT2D eigenvalue weighted by molar-refractivity contribution is -0.582. The first-order valence-corrected chi connectivity index (χ1v) is 11.3. The molecule has 178 valence electrons. The average molecular weight is 457 g/mol. The molecule has 5 aliphatic rings. The van der Waals surface area contributed by atoms with E-state index in [1.54, 1.807) is 38.1 Å². The van der Waals surface area contributed by atoms with E-state index in [4.69, 9.17) is 24.0 Å². The average Bonchev–Trinajstić information content (AvgIpc) is 2.97. The number of rotatable bonds is 3. The van der Waals surface area contributed by atoms with Crippen molar-refractivity contribution in [3.05, 3.63) is 24.3 Å². The van der Waals surface area contributed by atoms with Crippen LogP contribution in [0.4, 0.5) is 18.9 Å². The summed E-state index contributed by atoms with van der Waals surface area (Å²) < 4.78 is 61.7.